The second-order valence-corrected chi connectivity index (χ2v) is 5.10. The average Bonchev–Trinajstić information content (AvgIpc) is 2.73. The number of aryl methyl sites for hydroxylation is 1. The number of aliphatic hydroxyl groups is 1. The maximum Gasteiger partial charge on any atom is 0.0718 e. The standard InChI is InChI=1S/C17H18N2O/c1-12-17(11-20)13(2)19(18-12)10-15-8-5-7-14-6-3-4-9-16(14)15/h3-9,20H,10-11H2,1-2H3. The van der Waals surface area contributed by atoms with Gasteiger partial charge in [-0.25, -0.2) is 0 Å². The minimum atomic E-state index is 0.0488. The molecule has 0 aliphatic carbocycles. The van der Waals surface area contributed by atoms with Crippen molar-refractivity contribution in [1.82, 2.24) is 9.78 Å². The van der Waals surface area contributed by atoms with E-state index < -0.39 is 0 Å². The Balaban J connectivity index is 2.06. The van der Waals surface area contributed by atoms with Gasteiger partial charge in [0.25, 0.3) is 0 Å². The molecule has 0 unspecified atom stereocenters. The molecule has 3 rings (SSSR count). The van der Waals surface area contributed by atoms with E-state index in [1.54, 1.807) is 0 Å². The number of rotatable bonds is 3. The number of nitrogens with zero attached hydrogens (tertiary/aromatic N) is 2. The molecule has 1 heterocycles. The van der Waals surface area contributed by atoms with Gasteiger partial charge in [0.1, 0.15) is 0 Å². The molecule has 3 heteroatoms. The van der Waals surface area contributed by atoms with Crippen molar-refractivity contribution >= 4 is 10.8 Å². The highest BCUT2D eigenvalue weighted by Crippen LogP contribution is 2.21. The minimum Gasteiger partial charge on any atom is -0.392 e. The molecule has 2 aromatic carbocycles. The van der Waals surface area contributed by atoms with Gasteiger partial charge in [-0.1, -0.05) is 42.5 Å². The maximum absolute atomic E-state index is 9.40. The normalized spacial score (nSPS) is 11.2. The van der Waals surface area contributed by atoms with Crippen LogP contribution in [-0.2, 0) is 13.2 Å². The Kier molecular flexibility index (Phi) is 3.28. The molecule has 0 radical (unpaired) electrons. The summed E-state index contributed by atoms with van der Waals surface area (Å²) in [5.41, 5.74) is 4.13. The molecule has 0 fully saturated rings. The second kappa shape index (κ2) is 5.10. The van der Waals surface area contributed by atoms with Crippen LogP contribution in [0.5, 0.6) is 0 Å². The lowest BCUT2D eigenvalue weighted by Crippen LogP contribution is -2.05. The van der Waals surface area contributed by atoms with E-state index in [0.717, 1.165) is 23.5 Å². The lowest BCUT2D eigenvalue weighted by molar-refractivity contribution is 0.280. The minimum absolute atomic E-state index is 0.0488. The van der Waals surface area contributed by atoms with Crippen molar-refractivity contribution in [3.05, 3.63) is 65.0 Å². The number of benzene rings is 2. The molecule has 0 atom stereocenters. The first kappa shape index (κ1) is 12.9. The Morgan fingerprint density at radius 2 is 1.80 bits per heavy atom. The second-order valence-electron chi connectivity index (χ2n) is 5.10. The van der Waals surface area contributed by atoms with Gasteiger partial charge in [-0.2, -0.15) is 5.10 Å². The van der Waals surface area contributed by atoms with Gasteiger partial charge in [0, 0.05) is 11.3 Å². The lowest BCUT2D eigenvalue weighted by Gasteiger charge is -2.08. The highest BCUT2D eigenvalue weighted by Gasteiger charge is 2.11. The average molecular weight is 266 g/mol. The summed E-state index contributed by atoms with van der Waals surface area (Å²) in [4.78, 5) is 0. The van der Waals surface area contributed by atoms with Crippen molar-refractivity contribution < 1.29 is 5.11 Å². The predicted octanol–water partition coefficient (Wildman–Crippen LogP) is 3.19. The van der Waals surface area contributed by atoms with E-state index in [4.69, 9.17) is 0 Å². The lowest BCUT2D eigenvalue weighted by atomic mass is 10.0. The summed E-state index contributed by atoms with van der Waals surface area (Å²) >= 11 is 0. The molecule has 0 spiro atoms. The van der Waals surface area contributed by atoms with Gasteiger partial charge < -0.3 is 5.11 Å². The van der Waals surface area contributed by atoms with Crippen LogP contribution in [0.1, 0.15) is 22.5 Å². The molecule has 20 heavy (non-hydrogen) atoms. The van der Waals surface area contributed by atoms with Gasteiger partial charge in [-0.15, -0.1) is 0 Å². The van der Waals surface area contributed by atoms with Crippen LogP contribution < -0.4 is 0 Å². The molecule has 0 saturated heterocycles. The number of fused-ring (bicyclic) bond motifs is 1. The van der Waals surface area contributed by atoms with Gasteiger partial charge >= 0.3 is 0 Å². The van der Waals surface area contributed by atoms with Crippen molar-refractivity contribution in [3.63, 3.8) is 0 Å². The smallest absolute Gasteiger partial charge is 0.0718 e. The van der Waals surface area contributed by atoms with Crippen molar-refractivity contribution in [3.8, 4) is 0 Å². The van der Waals surface area contributed by atoms with E-state index in [0.29, 0.717) is 0 Å². The van der Waals surface area contributed by atoms with Crippen LogP contribution in [0.25, 0.3) is 10.8 Å². The molecule has 3 nitrogen and oxygen atoms in total. The van der Waals surface area contributed by atoms with Crippen molar-refractivity contribution in [2.75, 3.05) is 0 Å². The maximum atomic E-state index is 9.40. The van der Waals surface area contributed by atoms with Crippen molar-refractivity contribution in [1.29, 1.82) is 0 Å². The Bertz CT molecular complexity index is 754. The third kappa shape index (κ3) is 2.10. The van der Waals surface area contributed by atoms with Crippen molar-refractivity contribution in [2.24, 2.45) is 0 Å². The summed E-state index contributed by atoms with van der Waals surface area (Å²) in [7, 11) is 0. The van der Waals surface area contributed by atoms with E-state index in [2.05, 4.69) is 47.6 Å². The summed E-state index contributed by atoms with van der Waals surface area (Å²) in [6, 6.07) is 14.7. The Morgan fingerprint density at radius 3 is 2.55 bits per heavy atom. The molecule has 0 saturated carbocycles. The fraction of sp³-hybridized carbons (Fsp3) is 0.235. The van der Waals surface area contributed by atoms with Crippen LogP contribution in [0.4, 0.5) is 0 Å². The summed E-state index contributed by atoms with van der Waals surface area (Å²) in [5.74, 6) is 0. The van der Waals surface area contributed by atoms with E-state index in [1.165, 1.54) is 16.3 Å². The molecule has 0 bridgehead atoms. The molecule has 1 aromatic heterocycles. The topological polar surface area (TPSA) is 38.0 Å². The molecule has 102 valence electrons. The monoisotopic (exact) mass is 266 g/mol. The number of aromatic nitrogens is 2. The fourth-order valence-corrected chi connectivity index (χ4v) is 2.71. The third-order valence-electron chi connectivity index (χ3n) is 3.89. The number of hydrogen-bond acceptors (Lipinski definition) is 2. The quantitative estimate of drug-likeness (QED) is 0.790. The van der Waals surface area contributed by atoms with Gasteiger partial charge in [-0.3, -0.25) is 4.68 Å². The van der Waals surface area contributed by atoms with E-state index in [9.17, 15) is 5.11 Å². The highest BCUT2D eigenvalue weighted by molar-refractivity contribution is 5.85. The molecular formula is C17H18N2O. The summed E-state index contributed by atoms with van der Waals surface area (Å²) in [6.07, 6.45) is 0. The summed E-state index contributed by atoms with van der Waals surface area (Å²) in [6.45, 7) is 4.73. The SMILES string of the molecule is Cc1nn(Cc2cccc3ccccc23)c(C)c1CO. The van der Waals surface area contributed by atoms with Gasteiger partial charge in [0.15, 0.2) is 0 Å². The first-order valence-electron chi connectivity index (χ1n) is 6.81. The van der Waals surface area contributed by atoms with Crippen LogP contribution in [0.3, 0.4) is 0 Å². The molecule has 0 amide bonds. The summed E-state index contributed by atoms with van der Waals surface area (Å²) in [5, 5.41) is 16.4. The molecule has 0 aliphatic heterocycles. The number of hydrogen-bond donors (Lipinski definition) is 1. The van der Waals surface area contributed by atoms with Gasteiger partial charge in [0.05, 0.1) is 18.8 Å². The Morgan fingerprint density at radius 1 is 1.05 bits per heavy atom. The zero-order valence-electron chi connectivity index (χ0n) is 11.8. The molecular weight excluding hydrogens is 248 g/mol. The van der Waals surface area contributed by atoms with Crippen LogP contribution >= 0.6 is 0 Å². The zero-order chi connectivity index (χ0) is 14.1. The first-order chi connectivity index (χ1) is 9.70. The van der Waals surface area contributed by atoms with Gasteiger partial charge in [0.2, 0.25) is 0 Å². The molecule has 1 N–H and O–H groups in total. The van der Waals surface area contributed by atoms with Crippen LogP contribution in [0.15, 0.2) is 42.5 Å². The molecule has 0 aliphatic rings. The number of aliphatic hydroxyl groups excluding tert-OH is 1. The van der Waals surface area contributed by atoms with E-state index in [-0.39, 0.29) is 6.61 Å². The molecule has 3 aromatic rings. The zero-order valence-corrected chi connectivity index (χ0v) is 11.8. The van der Waals surface area contributed by atoms with Gasteiger partial charge in [-0.05, 0) is 30.2 Å². The largest absolute Gasteiger partial charge is 0.392 e. The first-order valence-corrected chi connectivity index (χ1v) is 6.81. The third-order valence-corrected chi connectivity index (χ3v) is 3.89. The van der Waals surface area contributed by atoms with Crippen LogP contribution in [0, 0.1) is 13.8 Å². The highest BCUT2D eigenvalue weighted by atomic mass is 16.3. The van der Waals surface area contributed by atoms with E-state index >= 15 is 0 Å². The van der Waals surface area contributed by atoms with Crippen molar-refractivity contribution in [2.45, 2.75) is 27.0 Å². The Hall–Kier alpha value is -2.13. The summed E-state index contributed by atoms with van der Waals surface area (Å²) < 4.78 is 1.97. The Labute approximate surface area is 118 Å². The van der Waals surface area contributed by atoms with E-state index in [1.807, 2.05) is 18.5 Å². The van der Waals surface area contributed by atoms with Crippen LogP contribution in [0.2, 0.25) is 0 Å². The fourth-order valence-electron chi connectivity index (χ4n) is 2.71. The predicted molar refractivity (Wildman–Crippen MR) is 80.7 cm³/mol. The van der Waals surface area contributed by atoms with Crippen LogP contribution in [-0.4, -0.2) is 14.9 Å².